The summed E-state index contributed by atoms with van der Waals surface area (Å²) in [6, 6.07) is 0. The molecule has 1 aliphatic carbocycles. The van der Waals surface area contributed by atoms with Gasteiger partial charge < -0.3 is 0 Å². The number of aromatic nitrogens is 3. The van der Waals surface area contributed by atoms with E-state index in [4.69, 9.17) is 0 Å². The van der Waals surface area contributed by atoms with E-state index in [0.717, 1.165) is 35.0 Å². The van der Waals surface area contributed by atoms with Crippen molar-refractivity contribution in [3.05, 3.63) is 32.3 Å². The van der Waals surface area contributed by atoms with Gasteiger partial charge in [-0.25, -0.2) is 9.50 Å². The summed E-state index contributed by atoms with van der Waals surface area (Å²) in [6.45, 7) is 0. The highest BCUT2D eigenvalue weighted by Crippen LogP contribution is 2.20. The minimum Gasteiger partial charge on any atom is -0.296 e. The van der Waals surface area contributed by atoms with Gasteiger partial charge in [0.15, 0.2) is 5.65 Å². The number of fused-ring (bicyclic) bond motifs is 2. The summed E-state index contributed by atoms with van der Waals surface area (Å²) in [5.74, 6) is 0. The first kappa shape index (κ1) is 8.23. The lowest BCUT2D eigenvalue weighted by atomic mass is 10.3. The van der Waals surface area contributed by atoms with Crippen LogP contribution in [-0.4, -0.2) is 14.6 Å². The number of H-pyrrole nitrogens is 1. The van der Waals surface area contributed by atoms with Crippen LogP contribution in [0, 0.1) is 0 Å². The predicted molar refractivity (Wildman–Crippen MR) is 55.5 cm³/mol. The summed E-state index contributed by atoms with van der Waals surface area (Å²) in [5, 5.41) is 2.88. The van der Waals surface area contributed by atoms with Gasteiger partial charge in [-0.1, -0.05) is 0 Å². The lowest BCUT2D eigenvalue weighted by molar-refractivity contribution is 0.870. The van der Waals surface area contributed by atoms with Crippen molar-refractivity contribution < 1.29 is 0 Å². The topological polar surface area (TPSA) is 50.2 Å². The van der Waals surface area contributed by atoms with Gasteiger partial charge >= 0.3 is 0 Å². The second-order valence-electron chi connectivity index (χ2n) is 3.48. The molecule has 0 radical (unpaired) electrons. The Morgan fingerprint density at radius 2 is 2.36 bits per heavy atom. The molecule has 4 nitrogen and oxygen atoms in total. The minimum atomic E-state index is 0.0493. The average Bonchev–Trinajstić information content (AvgIpc) is 2.75. The highest BCUT2D eigenvalue weighted by Gasteiger charge is 2.19. The fourth-order valence-electron chi connectivity index (χ4n) is 1.96. The first-order valence-electron chi connectivity index (χ1n) is 4.55. The van der Waals surface area contributed by atoms with Crippen molar-refractivity contribution in [3.8, 4) is 0 Å². The summed E-state index contributed by atoms with van der Waals surface area (Å²) < 4.78 is 2.33. The Kier molecular flexibility index (Phi) is 1.58. The molecule has 0 saturated heterocycles. The summed E-state index contributed by atoms with van der Waals surface area (Å²) in [7, 11) is 0. The van der Waals surface area contributed by atoms with Crippen LogP contribution in [0.1, 0.15) is 17.7 Å². The Hall–Kier alpha value is -1.10. The van der Waals surface area contributed by atoms with Gasteiger partial charge in [-0.3, -0.25) is 9.89 Å². The molecule has 0 fully saturated rings. The normalized spacial score (nSPS) is 14.9. The molecule has 0 bridgehead atoms. The Balaban J connectivity index is 2.52. The fourth-order valence-corrected chi connectivity index (χ4v) is 2.32. The fraction of sp³-hybridized carbons (Fsp3) is 0.333. The third-order valence-corrected chi connectivity index (χ3v) is 3.22. The molecule has 3 rings (SSSR count). The van der Waals surface area contributed by atoms with Gasteiger partial charge in [0.1, 0.15) is 0 Å². The van der Waals surface area contributed by atoms with Gasteiger partial charge in [0.2, 0.25) is 0 Å². The molecule has 1 N–H and O–H groups in total. The number of aryl methyl sites for hydroxylation is 1. The number of hydrogen-bond acceptors (Lipinski definition) is 2. The van der Waals surface area contributed by atoms with Crippen molar-refractivity contribution in [2.75, 3.05) is 0 Å². The smallest absolute Gasteiger partial charge is 0.276 e. The van der Waals surface area contributed by atoms with E-state index in [1.165, 1.54) is 4.52 Å². The van der Waals surface area contributed by atoms with E-state index >= 15 is 0 Å². The SMILES string of the molecule is O=c1c2c(nc3c(Br)c[nH]n13)CCC2. The molecule has 0 aliphatic heterocycles. The molecule has 0 spiro atoms. The molecule has 0 atom stereocenters. The molecule has 0 amide bonds. The van der Waals surface area contributed by atoms with Gasteiger partial charge in [0, 0.05) is 11.8 Å². The molecule has 2 aromatic heterocycles. The molecule has 72 valence electrons. The summed E-state index contributed by atoms with van der Waals surface area (Å²) in [5.41, 5.74) is 2.58. The van der Waals surface area contributed by atoms with E-state index in [0.29, 0.717) is 5.65 Å². The molecule has 5 heteroatoms. The second kappa shape index (κ2) is 2.70. The number of nitrogens with one attached hydrogen (secondary N) is 1. The number of halogens is 1. The number of nitrogens with zero attached hydrogens (tertiary/aromatic N) is 2. The molecular formula is C9H8BrN3O. The van der Waals surface area contributed by atoms with Crippen molar-refractivity contribution in [2.45, 2.75) is 19.3 Å². The Bertz CT molecular complexity index is 569. The van der Waals surface area contributed by atoms with E-state index in [1.807, 2.05) is 0 Å². The molecule has 2 aromatic rings. The lowest BCUT2D eigenvalue weighted by Gasteiger charge is -1.98. The monoisotopic (exact) mass is 253 g/mol. The van der Waals surface area contributed by atoms with Crippen LogP contribution in [0.5, 0.6) is 0 Å². The van der Waals surface area contributed by atoms with Gasteiger partial charge in [0.25, 0.3) is 5.56 Å². The standard InChI is InChI=1S/C9H8BrN3O/c10-6-4-11-13-8(6)12-7-3-1-2-5(7)9(13)14/h4,11H,1-3H2. The van der Waals surface area contributed by atoms with Crippen molar-refractivity contribution in [1.29, 1.82) is 0 Å². The van der Waals surface area contributed by atoms with E-state index in [9.17, 15) is 4.79 Å². The zero-order valence-corrected chi connectivity index (χ0v) is 8.97. The zero-order chi connectivity index (χ0) is 9.71. The molecular weight excluding hydrogens is 246 g/mol. The van der Waals surface area contributed by atoms with Gasteiger partial charge in [0.05, 0.1) is 10.2 Å². The average molecular weight is 254 g/mol. The first-order valence-corrected chi connectivity index (χ1v) is 5.34. The third kappa shape index (κ3) is 0.930. The van der Waals surface area contributed by atoms with Gasteiger partial charge in [-0.05, 0) is 35.2 Å². The lowest BCUT2D eigenvalue weighted by Crippen LogP contribution is -2.19. The second-order valence-corrected chi connectivity index (χ2v) is 4.33. The van der Waals surface area contributed by atoms with Crippen molar-refractivity contribution in [1.82, 2.24) is 14.6 Å². The largest absolute Gasteiger partial charge is 0.296 e. The Labute approximate surface area is 88.1 Å². The van der Waals surface area contributed by atoms with Gasteiger partial charge in [-0.2, -0.15) is 0 Å². The highest BCUT2D eigenvalue weighted by molar-refractivity contribution is 9.10. The van der Waals surface area contributed by atoms with E-state index in [-0.39, 0.29) is 5.56 Å². The predicted octanol–water partition coefficient (Wildman–Crippen LogP) is 1.27. The molecule has 0 unspecified atom stereocenters. The summed E-state index contributed by atoms with van der Waals surface area (Å²) >= 11 is 3.36. The van der Waals surface area contributed by atoms with E-state index in [1.54, 1.807) is 6.20 Å². The zero-order valence-electron chi connectivity index (χ0n) is 7.38. The number of hydrogen-bond donors (Lipinski definition) is 1. The minimum absolute atomic E-state index is 0.0493. The van der Waals surface area contributed by atoms with Crippen LogP contribution in [0.4, 0.5) is 0 Å². The number of aromatic amines is 1. The summed E-state index contributed by atoms with van der Waals surface area (Å²) in [4.78, 5) is 16.4. The highest BCUT2D eigenvalue weighted by atomic mass is 79.9. The summed E-state index contributed by atoms with van der Waals surface area (Å²) in [6.07, 6.45) is 4.57. The third-order valence-electron chi connectivity index (χ3n) is 2.64. The molecule has 0 aromatic carbocycles. The number of rotatable bonds is 0. The van der Waals surface area contributed by atoms with Crippen LogP contribution < -0.4 is 5.56 Å². The molecule has 14 heavy (non-hydrogen) atoms. The molecule has 2 heterocycles. The van der Waals surface area contributed by atoms with Crippen LogP contribution in [0.15, 0.2) is 15.5 Å². The van der Waals surface area contributed by atoms with Crippen LogP contribution in [0.25, 0.3) is 5.65 Å². The Morgan fingerprint density at radius 3 is 3.21 bits per heavy atom. The van der Waals surface area contributed by atoms with E-state index in [2.05, 4.69) is 26.0 Å². The van der Waals surface area contributed by atoms with Crippen LogP contribution >= 0.6 is 15.9 Å². The van der Waals surface area contributed by atoms with Crippen molar-refractivity contribution >= 4 is 21.6 Å². The maximum atomic E-state index is 11.9. The van der Waals surface area contributed by atoms with E-state index < -0.39 is 0 Å². The van der Waals surface area contributed by atoms with Crippen molar-refractivity contribution in [2.24, 2.45) is 0 Å². The van der Waals surface area contributed by atoms with Crippen LogP contribution in [-0.2, 0) is 12.8 Å². The van der Waals surface area contributed by atoms with Crippen molar-refractivity contribution in [3.63, 3.8) is 0 Å². The van der Waals surface area contributed by atoms with Crippen LogP contribution in [0.2, 0.25) is 0 Å². The van der Waals surface area contributed by atoms with Gasteiger partial charge in [-0.15, -0.1) is 0 Å². The Morgan fingerprint density at radius 1 is 1.50 bits per heavy atom. The molecule has 1 aliphatic rings. The maximum absolute atomic E-state index is 11.9. The molecule has 0 saturated carbocycles. The van der Waals surface area contributed by atoms with Crippen LogP contribution in [0.3, 0.4) is 0 Å². The quantitative estimate of drug-likeness (QED) is 0.769. The maximum Gasteiger partial charge on any atom is 0.276 e. The first-order chi connectivity index (χ1) is 6.77.